The lowest BCUT2D eigenvalue weighted by molar-refractivity contribution is -0.276. The van der Waals surface area contributed by atoms with Crippen LogP contribution >= 0.6 is 23.2 Å². The molecule has 2 aliphatic heterocycles. The number of aliphatic hydroxyl groups is 1. The van der Waals surface area contributed by atoms with Crippen molar-refractivity contribution in [2.45, 2.75) is 57.6 Å². The van der Waals surface area contributed by atoms with E-state index >= 15 is 0 Å². The molecule has 3 amide bonds. The molecule has 4 aromatic rings. The molecular weight excluding hydrogens is 647 g/mol. The number of imidazole rings is 1. The Morgan fingerprint density at radius 1 is 0.979 bits per heavy atom. The van der Waals surface area contributed by atoms with Gasteiger partial charge < -0.3 is 29.2 Å². The molecule has 244 valence electrons. The number of ether oxygens (including phenoxy) is 3. The van der Waals surface area contributed by atoms with Crippen molar-refractivity contribution < 1.29 is 33.7 Å². The molecule has 13 heteroatoms. The molecule has 2 saturated heterocycles. The predicted octanol–water partition coefficient (Wildman–Crippen LogP) is 5.73. The van der Waals surface area contributed by atoms with Gasteiger partial charge in [0.05, 0.1) is 43.8 Å². The number of hydrogen-bond donors (Lipinski definition) is 2. The summed E-state index contributed by atoms with van der Waals surface area (Å²) in [5.74, 6) is -1.12. The molecule has 2 N–H and O–H groups in total. The second-order valence-electron chi connectivity index (χ2n) is 11.4. The Balaban J connectivity index is 1.16. The van der Waals surface area contributed by atoms with E-state index in [1.165, 1.54) is 0 Å². The van der Waals surface area contributed by atoms with E-state index in [1.54, 1.807) is 35.2 Å². The van der Waals surface area contributed by atoms with Gasteiger partial charge in [-0.15, -0.1) is 0 Å². The van der Waals surface area contributed by atoms with Crippen molar-refractivity contribution in [3.63, 3.8) is 0 Å². The number of halogens is 2. The van der Waals surface area contributed by atoms with Gasteiger partial charge in [-0.05, 0) is 28.8 Å². The Kier molecular flexibility index (Phi) is 9.90. The lowest BCUT2D eigenvalue weighted by Crippen LogP contribution is -2.42. The summed E-state index contributed by atoms with van der Waals surface area (Å²) in [6.07, 6.45) is -0.961. The van der Waals surface area contributed by atoms with E-state index in [4.69, 9.17) is 37.4 Å². The smallest absolute Gasteiger partial charge is 0.408 e. The van der Waals surface area contributed by atoms with Crippen LogP contribution in [0.3, 0.4) is 0 Å². The second kappa shape index (κ2) is 14.2. The predicted molar refractivity (Wildman–Crippen MR) is 172 cm³/mol. The van der Waals surface area contributed by atoms with Gasteiger partial charge in [0.1, 0.15) is 17.8 Å². The van der Waals surface area contributed by atoms with Crippen molar-refractivity contribution >= 4 is 46.8 Å². The number of amides is 3. The lowest BCUT2D eigenvalue weighted by atomic mass is 9.90. The molecule has 2 aliphatic rings. The number of benzene rings is 3. The molecule has 1 aromatic heterocycles. The zero-order valence-electron chi connectivity index (χ0n) is 25.3. The summed E-state index contributed by atoms with van der Waals surface area (Å²) in [5, 5.41) is 12.5. The number of carbonyl (C=O) groups excluding carboxylic acids is 3. The molecule has 0 radical (unpaired) electrons. The van der Waals surface area contributed by atoms with Crippen molar-refractivity contribution in [1.82, 2.24) is 14.9 Å². The normalized spacial score (nSPS) is 22.8. The van der Waals surface area contributed by atoms with Crippen LogP contribution in [0, 0.1) is 5.92 Å². The van der Waals surface area contributed by atoms with Crippen LogP contribution < -0.4 is 10.2 Å². The van der Waals surface area contributed by atoms with Gasteiger partial charge in [0.15, 0.2) is 11.4 Å². The minimum Gasteiger partial charge on any atom is -0.445 e. The summed E-state index contributed by atoms with van der Waals surface area (Å²) in [6.45, 7) is 2.35. The first-order valence-corrected chi connectivity index (χ1v) is 15.8. The topological polar surface area (TPSA) is 132 Å². The largest absolute Gasteiger partial charge is 0.445 e. The Hall–Kier alpha value is -4.26. The highest BCUT2D eigenvalue weighted by Crippen LogP contribution is 2.43. The van der Waals surface area contributed by atoms with Gasteiger partial charge in [0, 0.05) is 11.5 Å². The van der Waals surface area contributed by atoms with Crippen LogP contribution in [0.4, 0.5) is 10.5 Å². The number of carbonyl (C=O) groups is 3. The molecule has 0 aliphatic carbocycles. The van der Waals surface area contributed by atoms with Crippen LogP contribution in [0.5, 0.6) is 0 Å². The van der Waals surface area contributed by atoms with E-state index < -0.39 is 30.2 Å². The first-order chi connectivity index (χ1) is 22.7. The number of aromatic nitrogens is 2. The number of imide groups is 1. The maximum atomic E-state index is 13.2. The first kappa shape index (κ1) is 32.7. The highest BCUT2D eigenvalue weighted by Gasteiger charge is 2.42. The van der Waals surface area contributed by atoms with Crippen LogP contribution in [0.1, 0.15) is 48.0 Å². The quantitative estimate of drug-likeness (QED) is 0.215. The fraction of sp³-hybridized carbons (Fsp3) is 0.294. The average Bonchev–Trinajstić information content (AvgIpc) is 3.56. The van der Waals surface area contributed by atoms with Crippen molar-refractivity contribution in [3.05, 3.63) is 118 Å². The SMILES string of the molecule is C[C@@H]1[C@H](Cn2cnc(Cl)c2Cl)O[C@H](c2ccc(N3C(=O)CC(NC(=O)OCc4ccccc4)C3=O)cc2)O[C@@H]1c1ccc(CO)cc1. The van der Waals surface area contributed by atoms with Crippen LogP contribution in [0.2, 0.25) is 10.3 Å². The summed E-state index contributed by atoms with van der Waals surface area (Å²) in [4.78, 5) is 43.6. The van der Waals surface area contributed by atoms with Crippen LogP contribution in [0.25, 0.3) is 0 Å². The third kappa shape index (κ3) is 7.19. The third-order valence-electron chi connectivity index (χ3n) is 8.31. The summed E-state index contributed by atoms with van der Waals surface area (Å²) < 4.78 is 19.9. The number of rotatable bonds is 9. The molecule has 3 aromatic carbocycles. The number of anilines is 1. The summed E-state index contributed by atoms with van der Waals surface area (Å²) in [7, 11) is 0. The Morgan fingerprint density at radius 3 is 2.34 bits per heavy atom. The van der Waals surface area contributed by atoms with Gasteiger partial charge in [-0.2, -0.15) is 0 Å². The maximum absolute atomic E-state index is 13.2. The van der Waals surface area contributed by atoms with Crippen LogP contribution in [-0.4, -0.2) is 44.7 Å². The maximum Gasteiger partial charge on any atom is 0.408 e. The molecule has 11 nitrogen and oxygen atoms in total. The zero-order chi connectivity index (χ0) is 33.1. The Morgan fingerprint density at radius 2 is 1.68 bits per heavy atom. The molecule has 5 atom stereocenters. The van der Waals surface area contributed by atoms with Crippen molar-refractivity contribution in [1.29, 1.82) is 0 Å². The van der Waals surface area contributed by atoms with Gasteiger partial charge in [-0.25, -0.2) is 14.7 Å². The minimum atomic E-state index is -1.04. The van der Waals surface area contributed by atoms with E-state index in [2.05, 4.69) is 10.3 Å². The van der Waals surface area contributed by atoms with Gasteiger partial charge in [0.2, 0.25) is 5.91 Å². The highest BCUT2D eigenvalue weighted by molar-refractivity contribution is 6.40. The molecule has 6 rings (SSSR count). The summed E-state index contributed by atoms with van der Waals surface area (Å²) in [6, 6.07) is 22.4. The van der Waals surface area contributed by atoms with Crippen molar-refractivity contribution in [2.75, 3.05) is 4.90 Å². The number of hydrogen-bond acceptors (Lipinski definition) is 8. The highest BCUT2D eigenvalue weighted by atomic mass is 35.5. The fourth-order valence-corrected chi connectivity index (χ4v) is 6.01. The number of nitrogens with zero attached hydrogens (tertiary/aromatic N) is 3. The van der Waals surface area contributed by atoms with E-state index in [1.807, 2.05) is 61.5 Å². The second-order valence-corrected chi connectivity index (χ2v) is 12.1. The Bertz CT molecular complexity index is 1730. The van der Waals surface area contributed by atoms with Gasteiger partial charge in [0.25, 0.3) is 5.91 Å². The Labute approximate surface area is 281 Å². The van der Waals surface area contributed by atoms with Gasteiger partial charge in [-0.1, -0.05) is 96.9 Å². The minimum absolute atomic E-state index is 0.0373. The van der Waals surface area contributed by atoms with Gasteiger partial charge >= 0.3 is 6.09 Å². The molecule has 0 spiro atoms. The fourth-order valence-electron chi connectivity index (χ4n) is 5.70. The molecular formula is C34H32Cl2N4O7. The number of nitrogens with one attached hydrogen (secondary N) is 1. The molecule has 0 saturated carbocycles. The zero-order valence-corrected chi connectivity index (χ0v) is 26.8. The molecule has 3 heterocycles. The summed E-state index contributed by atoms with van der Waals surface area (Å²) >= 11 is 12.5. The van der Waals surface area contributed by atoms with Gasteiger partial charge in [-0.3, -0.25) is 9.59 Å². The number of alkyl carbamates (subject to hydrolysis) is 1. The van der Waals surface area contributed by atoms with Crippen molar-refractivity contribution in [2.24, 2.45) is 5.92 Å². The molecule has 1 unspecified atom stereocenters. The first-order valence-electron chi connectivity index (χ1n) is 15.0. The molecule has 0 bridgehead atoms. The molecule has 2 fully saturated rings. The van der Waals surface area contributed by atoms with E-state index in [0.29, 0.717) is 22.9 Å². The monoisotopic (exact) mass is 678 g/mol. The third-order valence-corrected chi connectivity index (χ3v) is 9.08. The van der Waals surface area contributed by atoms with Crippen LogP contribution in [-0.2, 0) is 43.6 Å². The average molecular weight is 680 g/mol. The standard InChI is InChI=1S/C34H32Cl2N4O7/c1-20-27(16-39-19-37-30(35)31(39)36)46-33(47-29(20)23-9-7-21(17-41)8-10-23)24-11-13-25(14-12-24)40-28(42)15-26(32(40)43)38-34(44)45-18-22-5-3-2-4-6-22/h2-14,19-20,26-27,29,33,41H,15-18H2,1H3,(H,38,44)/t20-,26?,27+,29+,33+/m1/s1. The van der Waals surface area contributed by atoms with Crippen LogP contribution in [0.15, 0.2) is 85.2 Å². The molecule has 47 heavy (non-hydrogen) atoms. The van der Waals surface area contributed by atoms with E-state index in [-0.39, 0.29) is 42.9 Å². The summed E-state index contributed by atoms with van der Waals surface area (Å²) in [5.41, 5.74) is 3.50. The van der Waals surface area contributed by atoms with E-state index in [0.717, 1.165) is 21.6 Å². The van der Waals surface area contributed by atoms with Crippen molar-refractivity contribution in [3.8, 4) is 0 Å². The van der Waals surface area contributed by atoms with E-state index in [9.17, 15) is 19.5 Å². The lowest BCUT2D eigenvalue weighted by Gasteiger charge is -2.41. The number of aliphatic hydroxyl groups excluding tert-OH is 1.